The molecule has 0 aromatic carbocycles. The number of likely N-dealkylation sites (N-methyl/N-ethyl adjacent to an activating group) is 1. The number of nitrogens with zero attached hydrogens (tertiary/aromatic N) is 5. The Labute approximate surface area is 150 Å². The summed E-state index contributed by atoms with van der Waals surface area (Å²) in [4.78, 5) is 16.5. The predicted octanol–water partition coefficient (Wildman–Crippen LogP) is -0.319. The monoisotopic (exact) mass is 349 g/mol. The van der Waals surface area contributed by atoms with Crippen LogP contribution in [0, 0.1) is 6.92 Å². The van der Waals surface area contributed by atoms with Crippen molar-refractivity contribution in [2.45, 2.75) is 32.3 Å². The fraction of sp³-hybridized carbons (Fsp3) is 0.778. The number of aliphatic hydroxyl groups is 2. The molecule has 0 bridgehead atoms. The van der Waals surface area contributed by atoms with Crippen LogP contribution < -0.4 is 4.90 Å². The molecule has 0 radical (unpaired) electrons. The highest BCUT2D eigenvalue weighted by molar-refractivity contribution is 5.50. The van der Waals surface area contributed by atoms with E-state index in [0.717, 1.165) is 75.9 Å². The van der Waals surface area contributed by atoms with Gasteiger partial charge in [-0.25, -0.2) is 9.97 Å². The lowest BCUT2D eigenvalue weighted by Crippen LogP contribution is -2.36. The summed E-state index contributed by atoms with van der Waals surface area (Å²) >= 11 is 0. The molecule has 7 nitrogen and oxygen atoms in total. The normalized spacial score (nSPS) is 21.5. The molecule has 1 aromatic heterocycles. The molecule has 25 heavy (non-hydrogen) atoms. The Morgan fingerprint density at radius 2 is 1.84 bits per heavy atom. The van der Waals surface area contributed by atoms with Gasteiger partial charge in [-0.2, -0.15) is 0 Å². The third-order valence-corrected chi connectivity index (χ3v) is 5.22. The zero-order chi connectivity index (χ0) is 17.8. The number of aliphatic hydroxyl groups excluding tert-OH is 2. The van der Waals surface area contributed by atoms with Gasteiger partial charge in [-0.3, -0.25) is 4.90 Å². The lowest BCUT2D eigenvalue weighted by atomic mass is 10.1. The Morgan fingerprint density at radius 3 is 2.64 bits per heavy atom. The Hall–Kier alpha value is -1.28. The maximum Gasteiger partial charge on any atom is 0.135 e. The lowest BCUT2D eigenvalue weighted by Gasteiger charge is -2.25. The quantitative estimate of drug-likeness (QED) is 0.772. The number of aryl methyl sites for hydroxylation is 1. The van der Waals surface area contributed by atoms with Gasteiger partial charge in [0.2, 0.25) is 0 Å². The van der Waals surface area contributed by atoms with Crippen LogP contribution >= 0.6 is 0 Å². The Morgan fingerprint density at radius 1 is 1.04 bits per heavy atom. The molecule has 1 atom stereocenters. The Kier molecular flexibility index (Phi) is 6.22. The molecule has 0 spiro atoms. The van der Waals surface area contributed by atoms with Crippen molar-refractivity contribution in [3.8, 4) is 0 Å². The van der Waals surface area contributed by atoms with Crippen LogP contribution in [0.15, 0.2) is 0 Å². The first kappa shape index (κ1) is 18.5. The first-order chi connectivity index (χ1) is 12.1. The summed E-state index contributed by atoms with van der Waals surface area (Å²) in [5, 5.41) is 18.8. The number of β-amino-alcohol motifs (C(OH)–C–C–N with tert-alkyl or cyclic N) is 1. The molecule has 1 fully saturated rings. The van der Waals surface area contributed by atoms with Crippen LogP contribution in [0.5, 0.6) is 0 Å². The van der Waals surface area contributed by atoms with Crippen molar-refractivity contribution in [1.82, 2.24) is 19.8 Å². The summed E-state index contributed by atoms with van der Waals surface area (Å²) in [6, 6.07) is 0. The third-order valence-electron chi connectivity index (χ3n) is 5.22. The molecular weight excluding hydrogens is 318 g/mol. The van der Waals surface area contributed by atoms with Crippen molar-refractivity contribution in [2.24, 2.45) is 0 Å². The summed E-state index contributed by atoms with van der Waals surface area (Å²) in [6.45, 7) is 8.29. The predicted molar refractivity (Wildman–Crippen MR) is 98.0 cm³/mol. The fourth-order valence-electron chi connectivity index (χ4n) is 3.80. The first-order valence-electron chi connectivity index (χ1n) is 9.38. The third kappa shape index (κ3) is 4.67. The van der Waals surface area contributed by atoms with Crippen molar-refractivity contribution in [2.75, 3.05) is 64.4 Å². The van der Waals surface area contributed by atoms with E-state index in [2.05, 4.69) is 21.7 Å². The maximum atomic E-state index is 9.75. The maximum absolute atomic E-state index is 9.75. The van der Waals surface area contributed by atoms with E-state index >= 15 is 0 Å². The lowest BCUT2D eigenvalue weighted by molar-refractivity contribution is 0.0604. The van der Waals surface area contributed by atoms with E-state index in [4.69, 9.17) is 15.1 Å². The fourth-order valence-corrected chi connectivity index (χ4v) is 3.80. The highest BCUT2D eigenvalue weighted by Gasteiger charge is 2.24. The van der Waals surface area contributed by atoms with Crippen molar-refractivity contribution >= 4 is 5.82 Å². The first-order valence-corrected chi connectivity index (χ1v) is 9.38. The Balaban J connectivity index is 1.80. The van der Waals surface area contributed by atoms with Gasteiger partial charge in [0.25, 0.3) is 0 Å². The molecule has 0 aliphatic carbocycles. The summed E-state index contributed by atoms with van der Waals surface area (Å²) in [7, 11) is 2.18. The highest BCUT2D eigenvalue weighted by atomic mass is 16.3. The van der Waals surface area contributed by atoms with E-state index in [9.17, 15) is 5.11 Å². The molecule has 1 aromatic rings. The molecule has 2 N–H and O–H groups in total. The smallest absolute Gasteiger partial charge is 0.135 e. The van der Waals surface area contributed by atoms with E-state index < -0.39 is 6.10 Å². The van der Waals surface area contributed by atoms with Crippen LogP contribution in [-0.2, 0) is 12.8 Å². The van der Waals surface area contributed by atoms with Gasteiger partial charge in [-0.05, 0) is 33.4 Å². The highest BCUT2D eigenvalue weighted by Crippen LogP contribution is 2.25. The Bertz CT molecular complexity index is 583. The molecule has 0 amide bonds. The van der Waals surface area contributed by atoms with Crippen molar-refractivity contribution in [3.05, 3.63) is 17.1 Å². The number of hydrogen-bond acceptors (Lipinski definition) is 7. The van der Waals surface area contributed by atoms with Crippen molar-refractivity contribution in [1.29, 1.82) is 0 Å². The van der Waals surface area contributed by atoms with Gasteiger partial charge in [0.05, 0.1) is 18.4 Å². The van der Waals surface area contributed by atoms with E-state index in [0.29, 0.717) is 6.54 Å². The molecule has 7 heteroatoms. The average Bonchev–Trinajstić information content (AvgIpc) is 2.93. The van der Waals surface area contributed by atoms with E-state index in [1.165, 1.54) is 5.56 Å². The second kappa shape index (κ2) is 8.40. The van der Waals surface area contributed by atoms with Crippen LogP contribution in [0.4, 0.5) is 5.82 Å². The molecule has 0 saturated carbocycles. The molecule has 2 aliphatic rings. The summed E-state index contributed by atoms with van der Waals surface area (Å²) in [5.41, 5.74) is 2.43. The number of fused-ring (bicyclic) bond motifs is 1. The van der Waals surface area contributed by atoms with Crippen molar-refractivity contribution < 1.29 is 10.2 Å². The molecule has 2 aliphatic heterocycles. The van der Waals surface area contributed by atoms with Gasteiger partial charge in [0.15, 0.2) is 0 Å². The molecule has 1 unspecified atom stereocenters. The zero-order valence-electron chi connectivity index (χ0n) is 15.5. The number of hydrogen-bond donors (Lipinski definition) is 2. The van der Waals surface area contributed by atoms with Crippen LogP contribution in [-0.4, -0.2) is 95.6 Å². The second-order valence-corrected chi connectivity index (χ2v) is 7.30. The molecule has 3 heterocycles. The minimum Gasteiger partial charge on any atom is -0.394 e. The minimum absolute atomic E-state index is 0.186. The zero-order valence-corrected chi connectivity index (χ0v) is 15.5. The number of aromatic nitrogens is 2. The minimum atomic E-state index is -0.672. The van der Waals surface area contributed by atoms with Gasteiger partial charge >= 0.3 is 0 Å². The van der Waals surface area contributed by atoms with E-state index in [1.807, 2.05) is 6.92 Å². The van der Waals surface area contributed by atoms with Gasteiger partial charge in [-0.15, -0.1) is 0 Å². The SMILES string of the molecule is Cc1nc2c(c(N3CCCN(C)CC3)n1)CCN(CC(O)CO)CC2. The van der Waals surface area contributed by atoms with E-state index in [-0.39, 0.29) is 6.61 Å². The summed E-state index contributed by atoms with van der Waals surface area (Å²) < 4.78 is 0. The molecule has 140 valence electrons. The number of rotatable bonds is 4. The standard InChI is InChI=1S/C18H31N5O2/c1-14-19-17-5-9-22(12-15(25)13-24)8-4-16(17)18(20-14)23-7-3-6-21(2)10-11-23/h15,24-25H,3-13H2,1-2H3. The van der Waals surface area contributed by atoms with Gasteiger partial charge in [0, 0.05) is 51.3 Å². The van der Waals surface area contributed by atoms with Crippen LogP contribution in [0.25, 0.3) is 0 Å². The van der Waals surface area contributed by atoms with Gasteiger partial charge in [0.1, 0.15) is 11.6 Å². The van der Waals surface area contributed by atoms with Crippen LogP contribution in [0.3, 0.4) is 0 Å². The summed E-state index contributed by atoms with van der Waals surface area (Å²) in [6.07, 6.45) is 2.26. The van der Waals surface area contributed by atoms with Crippen molar-refractivity contribution in [3.63, 3.8) is 0 Å². The van der Waals surface area contributed by atoms with Crippen LogP contribution in [0.1, 0.15) is 23.5 Å². The van der Waals surface area contributed by atoms with E-state index in [1.54, 1.807) is 0 Å². The average molecular weight is 349 g/mol. The number of anilines is 1. The topological polar surface area (TPSA) is 76.0 Å². The van der Waals surface area contributed by atoms with Gasteiger partial charge < -0.3 is 20.0 Å². The van der Waals surface area contributed by atoms with Gasteiger partial charge in [-0.1, -0.05) is 0 Å². The largest absolute Gasteiger partial charge is 0.394 e. The molecule has 3 rings (SSSR count). The molecular formula is C18H31N5O2. The molecule has 1 saturated heterocycles. The summed E-state index contributed by atoms with van der Waals surface area (Å²) in [5.74, 6) is 1.96. The van der Waals surface area contributed by atoms with Crippen LogP contribution in [0.2, 0.25) is 0 Å². The second-order valence-electron chi connectivity index (χ2n) is 7.30.